The summed E-state index contributed by atoms with van der Waals surface area (Å²) in [6.45, 7) is 1.42. The van der Waals surface area contributed by atoms with Gasteiger partial charge in [0.15, 0.2) is 11.5 Å². The summed E-state index contributed by atoms with van der Waals surface area (Å²) >= 11 is 0. The monoisotopic (exact) mass is 760 g/mol. The maximum atomic E-state index is 14.0. The van der Waals surface area contributed by atoms with Crippen molar-refractivity contribution in [2.75, 3.05) is 26.0 Å². The number of aliphatic hydroxyl groups excluding tert-OH is 2. The summed E-state index contributed by atoms with van der Waals surface area (Å²) in [6, 6.07) is 18.3. The summed E-state index contributed by atoms with van der Waals surface area (Å²) in [5.74, 6) is 0.974. The molecule has 0 saturated heterocycles. The number of anilines is 1. The van der Waals surface area contributed by atoms with E-state index >= 15 is 0 Å². The number of benzene rings is 4. The van der Waals surface area contributed by atoms with Crippen molar-refractivity contribution in [1.82, 2.24) is 5.32 Å². The number of hydrogen-bond donors (Lipinski definition) is 6. The standard InChI is InChI=1S/C41H48N2O8S2/c1-23(45)20-43-34-13-7-27(16-28(34)21-44)41(42-2)51-37-19-30(47)11-5-25-8-14-35(48)40(50-3)39(25)31-12-6-24-4-10-29(46)18-32(24)33(31)22-52-53-38-15-9-26(37)17-36(38)49/h4,6-8,10,12-14,16,18,26,36-38,41-44,46,48-49H,5,9,11,15,17,19-22H2,1-3H3. The van der Waals surface area contributed by atoms with Crippen LogP contribution >= 0.6 is 21.6 Å². The van der Waals surface area contributed by atoms with Crippen LogP contribution in [0.15, 0.2) is 60.7 Å². The summed E-state index contributed by atoms with van der Waals surface area (Å²) in [4.78, 5) is 25.5. The molecule has 4 aromatic carbocycles. The van der Waals surface area contributed by atoms with Gasteiger partial charge in [0.05, 0.1) is 32.5 Å². The van der Waals surface area contributed by atoms with Crippen LogP contribution in [0.25, 0.3) is 21.9 Å². The highest BCUT2D eigenvalue weighted by molar-refractivity contribution is 8.76. The van der Waals surface area contributed by atoms with Gasteiger partial charge in [-0.1, -0.05) is 51.9 Å². The number of aliphatic hydroxyl groups is 2. The molecule has 282 valence electrons. The van der Waals surface area contributed by atoms with Crippen molar-refractivity contribution in [3.05, 3.63) is 82.9 Å². The Morgan fingerprint density at radius 3 is 2.58 bits per heavy atom. The number of ketones is 2. The first-order valence-electron chi connectivity index (χ1n) is 18.0. The number of fused-ring (bicyclic) bond motifs is 9. The number of hydrogen-bond acceptors (Lipinski definition) is 12. The Hall–Kier alpha value is -3.78. The van der Waals surface area contributed by atoms with E-state index in [-0.39, 0.29) is 60.2 Å². The second kappa shape index (κ2) is 17.6. The Labute approximate surface area is 318 Å². The third-order valence-electron chi connectivity index (χ3n) is 10.3. The lowest BCUT2D eigenvalue weighted by atomic mass is 9.81. The van der Waals surface area contributed by atoms with E-state index in [1.807, 2.05) is 42.5 Å². The average molecular weight is 761 g/mol. The highest BCUT2D eigenvalue weighted by Crippen LogP contribution is 2.48. The van der Waals surface area contributed by atoms with Gasteiger partial charge in [0.2, 0.25) is 0 Å². The first kappa shape index (κ1) is 38.9. The number of phenolic OH excluding ortho intramolecular Hbond substituents is 2. The van der Waals surface area contributed by atoms with E-state index in [1.165, 1.54) is 14.0 Å². The minimum absolute atomic E-state index is 0.00464. The van der Waals surface area contributed by atoms with Crippen LogP contribution in [-0.2, 0) is 33.1 Å². The summed E-state index contributed by atoms with van der Waals surface area (Å²) in [5.41, 5.74) is 5.45. The van der Waals surface area contributed by atoms with Crippen LogP contribution in [0.3, 0.4) is 0 Å². The number of ether oxygens (including phenoxy) is 2. The third-order valence-corrected chi connectivity index (χ3v) is 13.2. The van der Waals surface area contributed by atoms with Gasteiger partial charge < -0.3 is 35.2 Å². The van der Waals surface area contributed by atoms with Gasteiger partial charge in [-0.25, -0.2) is 0 Å². The quantitative estimate of drug-likeness (QED) is 0.0765. The van der Waals surface area contributed by atoms with E-state index in [0.717, 1.165) is 45.9 Å². The van der Waals surface area contributed by atoms with E-state index < -0.39 is 18.4 Å². The van der Waals surface area contributed by atoms with E-state index in [1.54, 1.807) is 46.8 Å². The van der Waals surface area contributed by atoms with E-state index in [0.29, 0.717) is 41.2 Å². The van der Waals surface area contributed by atoms with Crippen LogP contribution in [0, 0.1) is 5.92 Å². The van der Waals surface area contributed by atoms with Gasteiger partial charge in [-0.3, -0.25) is 14.9 Å². The molecule has 0 spiro atoms. The Bertz CT molecular complexity index is 1960. The normalized spacial score (nSPS) is 21.5. The van der Waals surface area contributed by atoms with Gasteiger partial charge in [0.25, 0.3) is 0 Å². The molecule has 53 heavy (non-hydrogen) atoms. The Morgan fingerprint density at radius 1 is 1.04 bits per heavy atom. The molecule has 10 nitrogen and oxygen atoms in total. The number of phenols is 2. The number of carbonyl (C=O) groups excluding carboxylic acids is 2. The van der Waals surface area contributed by atoms with Crippen LogP contribution in [-0.4, -0.2) is 70.2 Å². The van der Waals surface area contributed by atoms with Crippen molar-refractivity contribution in [1.29, 1.82) is 0 Å². The second-order valence-electron chi connectivity index (χ2n) is 13.9. The average Bonchev–Trinajstić information content (AvgIpc) is 3.15. The van der Waals surface area contributed by atoms with Gasteiger partial charge in [0.1, 0.15) is 23.5 Å². The highest BCUT2D eigenvalue weighted by Gasteiger charge is 2.37. The Balaban J connectivity index is 1.34. The first-order valence-corrected chi connectivity index (χ1v) is 20.4. The molecule has 0 amide bonds. The lowest BCUT2D eigenvalue weighted by molar-refractivity contribution is -0.128. The fraction of sp³-hybridized carbons (Fsp3) is 0.415. The maximum Gasteiger partial charge on any atom is 0.168 e. The number of Topliss-reactive ketones (excluding diaryl/α,β-unsaturated/α-hetero) is 2. The molecule has 5 atom stereocenters. The highest BCUT2D eigenvalue weighted by atomic mass is 33.1. The molecule has 1 saturated carbocycles. The van der Waals surface area contributed by atoms with Crippen molar-refractivity contribution in [2.45, 2.75) is 81.5 Å². The second-order valence-corrected chi connectivity index (χ2v) is 16.5. The molecule has 2 heterocycles. The molecule has 7 rings (SSSR count). The predicted molar refractivity (Wildman–Crippen MR) is 211 cm³/mol. The molecule has 3 aliphatic rings. The number of aromatic hydroxyl groups is 2. The van der Waals surface area contributed by atoms with Crippen molar-refractivity contribution in [2.24, 2.45) is 5.92 Å². The van der Waals surface area contributed by atoms with E-state index in [4.69, 9.17) is 9.47 Å². The van der Waals surface area contributed by atoms with E-state index in [2.05, 4.69) is 10.6 Å². The first-order chi connectivity index (χ1) is 25.6. The van der Waals surface area contributed by atoms with Gasteiger partial charge in [0, 0.05) is 40.7 Å². The summed E-state index contributed by atoms with van der Waals surface area (Å²) in [7, 11) is 6.62. The van der Waals surface area contributed by atoms with Gasteiger partial charge >= 0.3 is 0 Å². The Kier molecular flexibility index (Phi) is 12.9. The van der Waals surface area contributed by atoms with Crippen LogP contribution < -0.4 is 15.4 Å². The molecule has 4 aromatic rings. The van der Waals surface area contributed by atoms with Crippen LogP contribution in [0.2, 0.25) is 0 Å². The van der Waals surface area contributed by atoms with Crippen molar-refractivity contribution in [3.63, 3.8) is 0 Å². The van der Waals surface area contributed by atoms with Crippen molar-refractivity contribution >= 4 is 49.6 Å². The number of carbonyl (C=O) groups is 2. The Morgan fingerprint density at radius 2 is 1.85 bits per heavy atom. The fourth-order valence-corrected chi connectivity index (χ4v) is 10.5. The summed E-state index contributed by atoms with van der Waals surface area (Å²) < 4.78 is 12.5. The molecule has 2 bridgehead atoms. The zero-order valence-corrected chi connectivity index (χ0v) is 31.9. The molecular weight excluding hydrogens is 713 g/mol. The van der Waals surface area contributed by atoms with Crippen LogP contribution in [0.1, 0.15) is 67.5 Å². The number of methoxy groups -OCH3 is 1. The number of aryl methyl sites for hydroxylation is 1. The summed E-state index contributed by atoms with van der Waals surface area (Å²) in [6.07, 6.45) is 1.13. The SMILES string of the molecule is CNC(OC1CC(=O)CCc2ccc(O)c(OC)c2-c2ccc3ccc(O)cc3c2CSSC2CCC1CC2O)c1ccc(NCC(C)=O)c(CO)c1. The van der Waals surface area contributed by atoms with Crippen LogP contribution in [0.5, 0.6) is 17.2 Å². The summed E-state index contributed by atoms with van der Waals surface area (Å²) in [5, 5.41) is 51.2. The smallest absolute Gasteiger partial charge is 0.168 e. The fourth-order valence-electron chi connectivity index (χ4n) is 7.58. The van der Waals surface area contributed by atoms with Gasteiger partial charge in [-0.05, 0) is 109 Å². The molecule has 0 aromatic heterocycles. The maximum absolute atomic E-state index is 14.0. The lowest BCUT2D eigenvalue weighted by Gasteiger charge is -2.38. The molecule has 2 aliphatic heterocycles. The van der Waals surface area contributed by atoms with Gasteiger partial charge in [-0.15, -0.1) is 0 Å². The molecular formula is C41H48N2O8S2. The number of rotatable bonds is 9. The lowest BCUT2D eigenvalue weighted by Crippen LogP contribution is -2.40. The van der Waals surface area contributed by atoms with Crippen molar-refractivity contribution < 1.29 is 39.5 Å². The zero-order valence-electron chi connectivity index (χ0n) is 30.3. The largest absolute Gasteiger partial charge is 0.508 e. The van der Waals surface area contributed by atoms with Crippen molar-refractivity contribution in [3.8, 4) is 28.4 Å². The molecule has 5 unspecified atom stereocenters. The predicted octanol–water partition coefficient (Wildman–Crippen LogP) is 7.04. The van der Waals surface area contributed by atoms with Crippen LogP contribution in [0.4, 0.5) is 5.69 Å². The number of nitrogens with one attached hydrogen (secondary N) is 2. The molecule has 12 heteroatoms. The molecule has 0 radical (unpaired) electrons. The zero-order chi connectivity index (χ0) is 37.6. The minimum Gasteiger partial charge on any atom is -0.508 e. The third kappa shape index (κ3) is 8.96. The topological polar surface area (TPSA) is 158 Å². The minimum atomic E-state index is -0.602. The molecule has 1 aliphatic carbocycles. The van der Waals surface area contributed by atoms with Gasteiger partial charge in [-0.2, -0.15) is 0 Å². The molecule has 1 fully saturated rings. The molecule has 6 N–H and O–H groups in total. The van der Waals surface area contributed by atoms with E-state index in [9.17, 15) is 30.0 Å².